The van der Waals surface area contributed by atoms with Crippen LogP contribution in [0, 0.1) is 13.8 Å². The fourth-order valence-corrected chi connectivity index (χ4v) is 3.51. The summed E-state index contributed by atoms with van der Waals surface area (Å²) in [5.74, 6) is 0.887. The molecule has 0 bridgehead atoms. The van der Waals surface area contributed by atoms with E-state index in [2.05, 4.69) is 65.9 Å². The molecule has 2 heterocycles. The Hall–Kier alpha value is -2.94. The summed E-state index contributed by atoms with van der Waals surface area (Å²) >= 11 is 0. The maximum atomic E-state index is 5.51. The van der Waals surface area contributed by atoms with Gasteiger partial charge in [-0.3, -0.25) is 0 Å². The number of fused-ring (bicyclic) bond motifs is 1. The van der Waals surface area contributed by atoms with Crippen molar-refractivity contribution in [2.45, 2.75) is 20.4 Å². The molecule has 25 heavy (non-hydrogen) atoms. The van der Waals surface area contributed by atoms with Gasteiger partial charge < -0.3 is 14.3 Å². The molecule has 0 aliphatic rings. The van der Waals surface area contributed by atoms with Crippen molar-refractivity contribution in [3.05, 3.63) is 77.6 Å². The summed E-state index contributed by atoms with van der Waals surface area (Å²) < 4.78 is 7.88. The van der Waals surface area contributed by atoms with Gasteiger partial charge in [-0.1, -0.05) is 30.3 Å². The SMILES string of the molecule is COc1ccccc1-c1cc(Cn2c(C)cc3ccccc32)c(C)[nH]1. The number of nitrogens with one attached hydrogen (secondary N) is 1. The molecular formula is C22H22N2O. The molecule has 1 N–H and O–H groups in total. The Morgan fingerprint density at radius 2 is 1.72 bits per heavy atom. The first-order chi connectivity index (χ1) is 12.2. The number of methoxy groups -OCH3 is 1. The molecule has 0 spiro atoms. The largest absolute Gasteiger partial charge is 0.496 e. The minimum atomic E-state index is 0.858. The minimum absolute atomic E-state index is 0.858. The fraction of sp³-hybridized carbons (Fsp3) is 0.182. The van der Waals surface area contributed by atoms with Crippen LogP contribution >= 0.6 is 0 Å². The number of hydrogen-bond donors (Lipinski definition) is 1. The topological polar surface area (TPSA) is 29.9 Å². The molecule has 0 aliphatic carbocycles. The van der Waals surface area contributed by atoms with Gasteiger partial charge in [-0.05, 0) is 55.1 Å². The molecule has 0 amide bonds. The van der Waals surface area contributed by atoms with Crippen molar-refractivity contribution in [2.75, 3.05) is 7.11 Å². The lowest BCUT2D eigenvalue weighted by Crippen LogP contribution is -2.01. The van der Waals surface area contributed by atoms with Crippen LogP contribution in [0.15, 0.2) is 60.7 Å². The molecule has 2 aromatic carbocycles. The lowest BCUT2D eigenvalue weighted by molar-refractivity contribution is 0.416. The molecule has 0 unspecified atom stereocenters. The Labute approximate surface area is 147 Å². The fourth-order valence-electron chi connectivity index (χ4n) is 3.51. The number of para-hydroxylation sites is 2. The highest BCUT2D eigenvalue weighted by molar-refractivity contribution is 5.81. The van der Waals surface area contributed by atoms with Gasteiger partial charge in [0.25, 0.3) is 0 Å². The van der Waals surface area contributed by atoms with Crippen LogP contribution in [0.3, 0.4) is 0 Å². The third kappa shape index (κ3) is 2.72. The van der Waals surface area contributed by atoms with E-state index in [9.17, 15) is 0 Å². The standard InChI is InChI=1S/C22H22N2O/c1-15-12-17-8-4-6-10-21(17)24(15)14-18-13-20(23-16(18)2)19-9-5-7-11-22(19)25-3/h4-13,23H,14H2,1-3H3. The van der Waals surface area contributed by atoms with Crippen LogP contribution in [-0.2, 0) is 6.54 Å². The first kappa shape index (κ1) is 15.6. The van der Waals surface area contributed by atoms with Crippen molar-refractivity contribution in [2.24, 2.45) is 0 Å². The Balaban J connectivity index is 1.75. The third-order valence-corrected chi connectivity index (χ3v) is 4.87. The lowest BCUT2D eigenvalue weighted by atomic mass is 10.1. The summed E-state index contributed by atoms with van der Waals surface area (Å²) in [4.78, 5) is 3.52. The Bertz CT molecular complexity index is 1040. The lowest BCUT2D eigenvalue weighted by Gasteiger charge is -2.08. The summed E-state index contributed by atoms with van der Waals surface area (Å²) in [6.45, 7) is 5.16. The van der Waals surface area contributed by atoms with Crippen molar-refractivity contribution in [3.63, 3.8) is 0 Å². The van der Waals surface area contributed by atoms with Crippen LogP contribution in [0.5, 0.6) is 5.75 Å². The molecular weight excluding hydrogens is 308 g/mol. The number of aromatic nitrogens is 2. The second-order valence-corrected chi connectivity index (χ2v) is 6.46. The Morgan fingerprint density at radius 1 is 0.960 bits per heavy atom. The van der Waals surface area contributed by atoms with E-state index in [1.165, 1.54) is 27.9 Å². The monoisotopic (exact) mass is 330 g/mol. The van der Waals surface area contributed by atoms with E-state index in [-0.39, 0.29) is 0 Å². The number of nitrogens with zero attached hydrogens (tertiary/aromatic N) is 1. The van der Waals surface area contributed by atoms with Crippen LogP contribution in [0.2, 0.25) is 0 Å². The molecule has 2 aromatic heterocycles. The summed E-state index contributed by atoms with van der Waals surface area (Å²) in [7, 11) is 1.71. The van der Waals surface area contributed by atoms with E-state index >= 15 is 0 Å². The highest BCUT2D eigenvalue weighted by atomic mass is 16.5. The van der Waals surface area contributed by atoms with E-state index in [1.54, 1.807) is 7.11 Å². The van der Waals surface area contributed by atoms with E-state index < -0.39 is 0 Å². The van der Waals surface area contributed by atoms with Gasteiger partial charge in [0.1, 0.15) is 5.75 Å². The summed E-state index contributed by atoms with van der Waals surface area (Å²) in [5, 5.41) is 1.29. The van der Waals surface area contributed by atoms with Gasteiger partial charge in [0, 0.05) is 34.7 Å². The predicted molar refractivity (Wildman–Crippen MR) is 103 cm³/mol. The van der Waals surface area contributed by atoms with Gasteiger partial charge in [-0.2, -0.15) is 0 Å². The first-order valence-electron chi connectivity index (χ1n) is 8.54. The highest BCUT2D eigenvalue weighted by Crippen LogP contribution is 2.31. The zero-order valence-corrected chi connectivity index (χ0v) is 14.8. The van der Waals surface area contributed by atoms with Crippen LogP contribution in [-0.4, -0.2) is 16.7 Å². The van der Waals surface area contributed by atoms with E-state index in [4.69, 9.17) is 4.74 Å². The minimum Gasteiger partial charge on any atom is -0.496 e. The Morgan fingerprint density at radius 3 is 2.56 bits per heavy atom. The average molecular weight is 330 g/mol. The van der Waals surface area contributed by atoms with Gasteiger partial charge in [0.15, 0.2) is 0 Å². The number of aromatic amines is 1. The normalized spacial score (nSPS) is 11.2. The quantitative estimate of drug-likeness (QED) is 0.540. The van der Waals surface area contributed by atoms with Crippen LogP contribution in [0.4, 0.5) is 0 Å². The van der Waals surface area contributed by atoms with Crippen molar-refractivity contribution < 1.29 is 4.74 Å². The van der Waals surface area contributed by atoms with Gasteiger partial charge in [0.2, 0.25) is 0 Å². The van der Waals surface area contributed by atoms with Crippen LogP contribution in [0.25, 0.3) is 22.2 Å². The molecule has 0 aliphatic heterocycles. The molecule has 0 radical (unpaired) electrons. The summed E-state index contributed by atoms with van der Waals surface area (Å²) in [6.07, 6.45) is 0. The van der Waals surface area contributed by atoms with Crippen LogP contribution in [0.1, 0.15) is 17.0 Å². The molecule has 126 valence electrons. The third-order valence-electron chi connectivity index (χ3n) is 4.87. The first-order valence-corrected chi connectivity index (χ1v) is 8.54. The number of aryl methyl sites for hydroxylation is 2. The molecule has 0 saturated carbocycles. The molecule has 0 saturated heterocycles. The molecule has 3 heteroatoms. The number of rotatable bonds is 4. The van der Waals surface area contributed by atoms with Gasteiger partial charge in [0.05, 0.1) is 7.11 Å². The van der Waals surface area contributed by atoms with Gasteiger partial charge in [-0.15, -0.1) is 0 Å². The summed E-state index contributed by atoms with van der Waals surface area (Å²) in [5.41, 5.74) is 7.23. The maximum Gasteiger partial charge on any atom is 0.128 e. The van der Waals surface area contributed by atoms with Crippen molar-refractivity contribution in [3.8, 4) is 17.0 Å². The molecule has 4 aromatic rings. The molecule has 0 fully saturated rings. The average Bonchev–Trinajstić information content (AvgIpc) is 3.15. The number of H-pyrrole nitrogens is 1. The number of ether oxygens (including phenoxy) is 1. The van der Waals surface area contributed by atoms with Gasteiger partial charge in [-0.25, -0.2) is 0 Å². The van der Waals surface area contributed by atoms with Crippen molar-refractivity contribution in [1.29, 1.82) is 0 Å². The number of hydrogen-bond acceptors (Lipinski definition) is 1. The van der Waals surface area contributed by atoms with Crippen molar-refractivity contribution >= 4 is 10.9 Å². The zero-order chi connectivity index (χ0) is 17.4. The second kappa shape index (κ2) is 6.17. The predicted octanol–water partition coefficient (Wildman–Crippen LogP) is 5.31. The molecule has 3 nitrogen and oxygen atoms in total. The molecule has 4 rings (SSSR count). The van der Waals surface area contributed by atoms with Gasteiger partial charge >= 0.3 is 0 Å². The smallest absolute Gasteiger partial charge is 0.128 e. The number of benzene rings is 2. The zero-order valence-electron chi connectivity index (χ0n) is 14.8. The maximum absolute atomic E-state index is 5.51. The van der Waals surface area contributed by atoms with Crippen LogP contribution < -0.4 is 4.74 Å². The Kier molecular flexibility index (Phi) is 3.85. The highest BCUT2D eigenvalue weighted by Gasteiger charge is 2.12. The molecule has 0 atom stereocenters. The second-order valence-electron chi connectivity index (χ2n) is 6.46. The van der Waals surface area contributed by atoms with Crippen molar-refractivity contribution in [1.82, 2.24) is 9.55 Å². The van der Waals surface area contributed by atoms with E-state index in [1.807, 2.05) is 18.2 Å². The van der Waals surface area contributed by atoms with E-state index in [0.717, 1.165) is 23.6 Å². The van der Waals surface area contributed by atoms with E-state index in [0.29, 0.717) is 0 Å². The summed E-state index contributed by atoms with van der Waals surface area (Å²) in [6, 6.07) is 21.1.